The molecule has 5 heteroatoms. The maximum atomic E-state index is 11.8. The van der Waals surface area contributed by atoms with E-state index in [1.165, 1.54) is 0 Å². The van der Waals surface area contributed by atoms with Crippen molar-refractivity contribution >= 4 is 11.7 Å². The highest BCUT2D eigenvalue weighted by Gasteiger charge is 2.10. The molecule has 0 amide bonds. The molecule has 0 fully saturated rings. The minimum Gasteiger partial charge on any atom is -0.491 e. The van der Waals surface area contributed by atoms with E-state index >= 15 is 0 Å². The fourth-order valence-electron chi connectivity index (χ4n) is 1.63. The van der Waals surface area contributed by atoms with Crippen LogP contribution in [-0.4, -0.2) is 44.7 Å². The summed E-state index contributed by atoms with van der Waals surface area (Å²) in [4.78, 5) is 13.8. The number of nitrogen functional groups attached to an aromatic ring is 1. The van der Waals surface area contributed by atoms with Gasteiger partial charge in [-0.1, -0.05) is 6.92 Å². The molecule has 0 radical (unpaired) electrons. The molecule has 1 rings (SSSR count). The first-order valence-electron chi connectivity index (χ1n) is 6.88. The second-order valence-electron chi connectivity index (χ2n) is 4.89. The maximum Gasteiger partial charge on any atom is 0.338 e. The predicted octanol–water partition coefficient (Wildman–Crippen LogP) is 2.17. The first-order valence-corrected chi connectivity index (χ1v) is 6.88. The highest BCUT2D eigenvalue weighted by Crippen LogP contribution is 2.23. The van der Waals surface area contributed by atoms with Crippen LogP contribution in [0.5, 0.6) is 5.75 Å². The molecular formula is C15H24N2O3. The van der Waals surface area contributed by atoms with Gasteiger partial charge in [0, 0.05) is 6.54 Å². The van der Waals surface area contributed by atoms with Crippen LogP contribution in [0.3, 0.4) is 0 Å². The fraction of sp³-hybridized carbons (Fsp3) is 0.533. The Hall–Kier alpha value is -1.75. The summed E-state index contributed by atoms with van der Waals surface area (Å²) in [5, 5.41) is 0. The summed E-state index contributed by atoms with van der Waals surface area (Å²) in [6.07, 6.45) is 1.70. The minimum absolute atomic E-state index is 0.343. The zero-order valence-electron chi connectivity index (χ0n) is 12.5. The van der Waals surface area contributed by atoms with E-state index in [9.17, 15) is 4.79 Å². The molecule has 1 aromatic rings. The van der Waals surface area contributed by atoms with Gasteiger partial charge in [0.2, 0.25) is 0 Å². The maximum absolute atomic E-state index is 11.8. The molecule has 2 N–H and O–H groups in total. The molecule has 112 valence electrons. The second kappa shape index (κ2) is 8.43. The van der Waals surface area contributed by atoms with Crippen LogP contribution in [0.4, 0.5) is 5.69 Å². The third-order valence-electron chi connectivity index (χ3n) is 2.69. The van der Waals surface area contributed by atoms with E-state index in [2.05, 4.69) is 4.90 Å². The van der Waals surface area contributed by atoms with Gasteiger partial charge < -0.3 is 20.1 Å². The Balaban J connectivity index is 2.59. The van der Waals surface area contributed by atoms with Crippen molar-refractivity contribution in [3.05, 3.63) is 23.8 Å². The summed E-state index contributed by atoms with van der Waals surface area (Å²) in [7, 11) is 4.03. The van der Waals surface area contributed by atoms with Crippen molar-refractivity contribution in [2.24, 2.45) is 0 Å². The summed E-state index contributed by atoms with van der Waals surface area (Å²) in [5.74, 6) is 0.194. The quantitative estimate of drug-likeness (QED) is 0.449. The van der Waals surface area contributed by atoms with Crippen LogP contribution in [0.15, 0.2) is 18.2 Å². The molecule has 0 unspecified atom stereocenters. The molecule has 0 atom stereocenters. The van der Waals surface area contributed by atoms with E-state index in [4.69, 9.17) is 15.2 Å². The van der Waals surface area contributed by atoms with Gasteiger partial charge in [-0.05, 0) is 45.1 Å². The van der Waals surface area contributed by atoms with E-state index in [0.717, 1.165) is 19.4 Å². The number of nitrogens with two attached hydrogens (primary N) is 1. The van der Waals surface area contributed by atoms with Crippen molar-refractivity contribution < 1.29 is 14.3 Å². The summed E-state index contributed by atoms with van der Waals surface area (Å²) < 4.78 is 10.7. The van der Waals surface area contributed by atoms with E-state index < -0.39 is 0 Å². The standard InChI is InChI=1S/C15H24N2O3/c1-4-9-20-15(18)12-6-7-13(16)14(11-12)19-10-5-8-17(2)3/h6-7,11H,4-5,8-10,16H2,1-3H3. The molecule has 0 bridgehead atoms. The van der Waals surface area contributed by atoms with Crippen LogP contribution < -0.4 is 10.5 Å². The van der Waals surface area contributed by atoms with Crippen LogP contribution in [0.25, 0.3) is 0 Å². The molecule has 20 heavy (non-hydrogen) atoms. The van der Waals surface area contributed by atoms with Crippen molar-refractivity contribution in [3.63, 3.8) is 0 Å². The number of esters is 1. The number of ether oxygens (including phenoxy) is 2. The molecule has 0 aromatic heterocycles. The van der Waals surface area contributed by atoms with Crippen molar-refractivity contribution in [2.45, 2.75) is 19.8 Å². The molecule has 0 saturated carbocycles. The Morgan fingerprint density at radius 1 is 1.30 bits per heavy atom. The number of hydrogen-bond donors (Lipinski definition) is 1. The summed E-state index contributed by atoms with van der Waals surface area (Å²) >= 11 is 0. The zero-order chi connectivity index (χ0) is 15.0. The average Bonchev–Trinajstić information content (AvgIpc) is 2.42. The molecule has 0 aliphatic carbocycles. The van der Waals surface area contributed by atoms with E-state index in [1.807, 2.05) is 21.0 Å². The molecule has 0 aliphatic heterocycles. The van der Waals surface area contributed by atoms with Crippen molar-refractivity contribution in [1.29, 1.82) is 0 Å². The lowest BCUT2D eigenvalue weighted by Crippen LogP contribution is -2.16. The van der Waals surface area contributed by atoms with Crippen LogP contribution in [0.2, 0.25) is 0 Å². The Kier molecular flexibility index (Phi) is 6.87. The fourth-order valence-corrected chi connectivity index (χ4v) is 1.63. The smallest absolute Gasteiger partial charge is 0.338 e. The van der Waals surface area contributed by atoms with Gasteiger partial charge in [0.05, 0.1) is 24.5 Å². The summed E-state index contributed by atoms with van der Waals surface area (Å²) in [5.41, 5.74) is 6.84. The normalized spacial score (nSPS) is 10.6. The van der Waals surface area contributed by atoms with Crippen LogP contribution >= 0.6 is 0 Å². The van der Waals surface area contributed by atoms with Gasteiger partial charge in [0.15, 0.2) is 0 Å². The number of carbonyl (C=O) groups excluding carboxylic acids is 1. The van der Waals surface area contributed by atoms with Crippen LogP contribution in [-0.2, 0) is 4.74 Å². The first-order chi connectivity index (χ1) is 9.54. The minimum atomic E-state index is -0.343. The number of rotatable bonds is 8. The Bertz CT molecular complexity index is 433. The monoisotopic (exact) mass is 280 g/mol. The number of nitrogens with zero attached hydrogens (tertiary/aromatic N) is 1. The number of hydrogen-bond acceptors (Lipinski definition) is 5. The lowest BCUT2D eigenvalue weighted by atomic mass is 10.2. The van der Waals surface area contributed by atoms with Crippen molar-refractivity contribution in [3.8, 4) is 5.75 Å². The highest BCUT2D eigenvalue weighted by atomic mass is 16.5. The molecule has 5 nitrogen and oxygen atoms in total. The van der Waals surface area contributed by atoms with Gasteiger partial charge in [-0.15, -0.1) is 0 Å². The Morgan fingerprint density at radius 2 is 2.05 bits per heavy atom. The molecule has 0 heterocycles. The molecule has 0 aliphatic rings. The third-order valence-corrected chi connectivity index (χ3v) is 2.69. The third kappa shape index (κ3) is 5.48. The lowest BCUT2D eigenvalue weighted by molar-refractivity contribution is 0.0504. The molecular weight excluding hydrogens is 256 g/mol. The first kappa shape index (κ1) is 16.3. The van der Waals surface area contributed by atoms with Gasteiger partial charge >= 0.3 is 5.97 Å². The number of anilines is 1. The molecule has 0 saturated heterocycles. The van der Waals surface area contributed by atoms with Gasteiger partial charge in [0.25, 0.3) is 0 Å². The average molecular weight is 280 g/mol. The van der Waals surface area contributed by atoms with E-state index in [1.54, 1.807) is 18.2 Å². The predicted molar refractivity (Wildman–Crippen MR) is 80.1 cm³/mol. The van der Waals surface area contributed by atoms with Crippen LogP contribution in [0, 0.1) is 0 Å². The number of benzene rings is 1. The van der Waals surface area contributed by atoms with E-state index in [0.29, 0.717) is 30.2 Å². The molecule has 0 spiro atoms. The van der Waals surface area contributed by atoms with Gasteiger partial charge in [-0.2, -0.15) is 0 Å². The Morgan fingerprint density at radius 3 is 2.70 bits per heavy atom. The van der Waals surface area contributed by atoms with E-state index in [-0.39, 0.29) is 5.97 Å². The van der Waals surface area contributed by atoms with Crippen molar-refractivity contribution in [2.75, 3.05) is 39.6 Å². The van der Waals surface area contributed by atoms with Gasteiger partial charge in [-0.3, -0.25) is 0 Å². The Labute approximate surface area is 120 Å². The zero-order valence-corrected chi connectivity index (χ0v) is 12.5. The molecule has 1 aromatic carbocycles. The number of carbonyl (C=O) groups is 1. The van der Waals surface area contributed by atoms with Gasteiger partial charge in [0.1, 0.15) is 5.75 Å². The van der Waals surface area contributed by atoms with Crippen molar-refractivity contribution in [1.82, 2.24) is 4.90 Å². The SMILES string of the molecule is CCCOC(=O)c1ccc(N)c(OCCCN(C)C)c1. The highest BCUT2D eigenvalue weighted by molar-refractivity contribution is 5.90. The summed E-state index contributed by atoms with van der Waals surface area (Å²) in [6.45, 7) is 3.88. The lowest BCUT2D eigenvalue weighted by Gasteiger charge is -2.12. The largest absolute Gasteiger partial charge is 0.491 e. The topological polar surface area (TPSA) is 64.8 Å². The second-order valence-corrected chi connectivity index (χ2v) is 4.89. The summed E-state index contributed by atoms with van der Waals surface area (Å²) in [6, 6.07) is 4.97. The van der Waals surface area contributed by atoms with Gasteiger partial charge in [-0.25, -0.2) is 4.79 Å². The van der Waals surface area contributed by atoms with Crippen LogP contribution in [0.1, 0.15) is 30.1 Å².